The molecule has 1 heterocycles. The second kappa shape index (κ2) is 13.8. The number of hydrogen-bond acceptors (Lipinski definition) is 11. The van der Waals surface area contributed by atoms with E-state index in [9.17, 15) is 31.2 Å². The van der Waals surface area contributed by atoms with Crippen LogP contribution in [0.2, 0.25) is 0 Å². The lowest BCUT2D eigenvalue weighted by Gasteiger charge is -2.34. The number of carbonyl (C=O) groups excluding carboxylic acids is 2. The van der Waals surface area contributed by atoms with Crippen molar-refractivity contribution in [1.82, 2.24) is 15.5 Å². The van der Waals surface area contributed by atoms with Crippen LogP contribution in [-0.4, -0.2) is 54.6 Å². The number of sulfone groups is 1. The first-order valence-corrected chi connectivity index (χ1v) is 16.8. The van der Waals surface area contributed by atoms with E-state index in [2.05, 4.69) is 20.8 Å². The zero-order chi connectivity index (χ0) is 35.6. The number of nitrogen functional groups attached to an aromatic ring is 1. The van der Waals surface area contributed by atoms with Gasteiger partial charge in [0.1, 0.15) is 0 Å². The van der Waals surface area contributed by atoms with Crippen molar-refractivity contribution in [2.24, 2.45) is 0 Å². The molecule has 4 N–H and O–H groups in total. The highest BCUT2D eigenvalue weighted by atomic mass is 32.2. The highest BCUT2D eigenvalue weighted by molar-refractivity contribution is 7.92. The third-order valence-corrected chi connectivity index (χ3v) is 9.72. The van der Waals surface area contributed by atoms with Gasteiger partial charge in [0.05, 0.1) is 29.1 Å². The molecule has 260 valence electrons. The predicted octanol–water partition coefficient (Wildman–Crippen LogP) is 5.02. The lowest BCUT2D eigenvalue weighted by atomic mass is 9.99. The van der Waals surface area contributed by atoms with Gasteiger partial charge in [0.2, 0.25) is 0 Å². The first-order valence-electron chi connectivity index (χ1n) is 15.3. The minimum Gasteiger partial charge on any atom is -0.490 e. The average molecular weight is 702 g/mol. The maximum absolute atomic E-state index is 14.3. The normalized spacial score (nSPS) is 14.6. The van der Waals surface area contributed by atoms with Crippen molar-refractivity contribution in [2.75, 3.05) is 17.7 Å². The fourth-order valence-corrected chi connectivity index (χ4v) is 6.76. The van der Waals surface area contributed by atoms with Crippen molar-refractivity contribution in [3.63, 3.8) is 0 Å². The maximum atomic E-state index is 14.3. The number of benzene rings is 3. The van der Waals surface area contributed by atoms with Crippen molar-refractivity contribution in [3.8, 4) is 11.5 Å². The molecule has 1 amide bonds. The fraction of sp³-hybridized carbons (Fsp3) is 0.333. The Morgan fingerprint density at radius 1 is 1.04 bits per heavy atom. The van der Waals surface area contributed by atoms with Crippen molar-refractivity contribution < 1.29 is 45.4 Å². The van der Waals surface area contributed by atoms with E-state index in [1.54, 1.807) is 26.8 Å². The quantitative estimate of drug-likeness (QED) is 0.126. The standard InChI is InChI=1S/C33H34F3N5O7S/c1-4-46-28-16-22(8-13-27(28)47-19(2)3)32(48-31(43)33(34,35)36,40-23-9-12-26-21(15-23)18-39-41-29(26)37)30(42)38-17-20-6-5-7-25(14-20)49(44,45)24-10-11-24/h5-9,12-16,18-19,24,40H,4,10-11,17H2,1-3H3,(H2,37,41)(H,38,42). The summed E-state index contributed by atoms with van der Waals surface area (Å²) in [7, 11) is -3.58. The summed E-state index contributed by atoms with van der Waals surface area (Å²) in [6.45, 7) is 4.98. The molecule has 0 aliphatic heterocycles. The number of alkyl halides is 3. The van der Waals surface area contributed by atoms with Gasteiger partial charge >= 0.3 is 12.1 Å². The summed E-state index contributed by atoms with van der Waals surface area (Å²) < 4.78 is 83.9. The van der Waals surface area contributed by atoms with E-state index >= 15 is 0 Å². The molecule has 1 aliphatic rings. The Morgan fingerprint density at radius 3 is 2.47 bits per heavy atom. The van der Waals surface area contributed by atoms with Crippen LogP contribution in [0.4, 0.5) is 24.7 Å². The molecule has 1 atom stereocenters. The lowest BCUT2D eigenvalue weighted by molar-refractivity contribution is -0.213. The van der Waals surface area contributed by atoms with Gasteiger partial charge in [-0.15, -0.1) is 5.10 Å². The number of aromatic nitrogens is 2. The van der Waals surface area contributed by atoms with E-state index in [0.29, 0.717) is 29.2 Å². The summed E-state index contributed by atoms with van der Waals surface area (Å²) in [5.41, 5.74) is 3.18. The Bertz CT molecular complexity index is 1990. The molecular formula is C33H34F3N5O7S. The molecule has 1 saturated carbocycles. The van der Waals surface area contributed by atoms with E-state index in [-0.39, 0.29) is 52.7 Å². The summed E-state index contributed by atoms with van der Waals surface area (Å²) in [6.07, 6.45) is -3.38. The third kappa shape index (κ3) is 7.80. The molecule has 0 spiro atoms. The van der Waals surface area contributed by atoms with E-state index < -0.39 is 38.9 Å². The summed E-state index contributed by atoms with van der Waals surface area (Å²) in [5, 5.41) is 13.2. The van der Waals surface area contributed by atoms with Crippen LogP contribution in [0.25, 0.3) is 10.8 Å². The van der Waals surface area contributed by atoms with E-state index in [0.717, 1.165) is 0 Å². The van der Waals surface area contributed by atoms with Crippen LogP contribution in [0.15, 0.2) is 71.8 Å². The zero-order valence-electron chi connectivity index (χ0n) is 26.7. The minimum absolute atomic E-state index is 0.0445. The molecule has 1 aromatic heterocycles. The second-order valence-electron chi connectivity index (χ2n) is 11.6. The van der Waals surface area contributed by atoms with E-state index in [1.165, 1.54) is 60.8 Å². The molecule has 0 radical (unpaired) electrons. The molecule has 4 aromatic rings. The van der Waals surface area contributed by atoms with Gasteiger partial charge in [0.15, 0.2) is 27.2 Å². The first kappa shape index (κ1) is 35.2. The topological polar surface area (TPSA) is 172 Å². The number of nitrogens with zero attached hydrogens (tertiary/aromatic N) is 2. The smallest absolute Gasteiger partial charge is 0.490 e. The molecule has 0 saturated heterocycles. The number of esters is 1. The maximum Gasteiger partial charge on any atom is 0.491 e. The number of ether oxygens (including phenoxy) is 3. The summed E-state index contributed by atoms with van der Waals surface area (Å²) in [6, 6.07) is 14.1. The number of halogens is 3. The molecule has 49 heavy (non-hydrogen) atoms. The van der Waals surface area contributed by atoms with Crippen molar-refractivity contribution in [2.45, 2.75) is 68.3 Å². The van der Waals surface area contributed by atoms with Gasteiger partial charge in [-0.05, 0) is 87.7 Å². The summed E-state index contributed by atoms with van der Waals surface area (Å²) >= 11 is 0. The van der Waals surface area contributed by atoms with Gasteiger partial charge in [-0.25, -0.2) is 13.2 Å². The van der Waals surface area contributed by atoms with Crippen LogP contribution < -0.4 is 25.8 Å². The number of amides is 1. The Hall–Kier alpha value is -5.12. The Labute approximate surface area is 280 Å². The number of carbonyl (C=O) groups is 2. The summed E-state index contributed by atoms with van der Waals surface area (Å²) in [5.74, 6) is -3.50. The monoisotopic (exact) mass is 701 g/mol. The predicted molar refractivity (Wildman–Crippen MR) is 173 cm³/mol. The first-order chi connectivity index (χ1) is 23.1. The second-order valence-corrected chi connectivity index (χ2v) is 13.8. The van der Waals surface area contributed by atoms with Crippen LogP contribution in [0.5, 0.6) is 11.5 Å². The van der Waals surface area contributed by atoms with Crippen LogP contribution in [0.3, 0.4) is 0 Å². The SMILES string of the molecule is CCOc1cc(C(Nc2ccc3c(N)nncc3c2)(OC(=O)C(F)(F)F)C(=O)NCc2cccc(S(=O)(=O)C3CC3)c2)ccc1OC(C)C. The molecule has 3 aromatic carbocycles. The molecule has 12 nitrogen and oxygen atoms in total. The van der Waals surface area contributed by atoms with Gasteiger partial charge in [-0.1, -0.05) is 12.1 Å². The third-order valence-electron chi connectivity index (χ3n) is 7.46. The van der Waals surface area contributed by atoms with Gasteiger partial charge < -0.3 is 30.6 Å². The molecule has 16 heteroatoms. The van der Waals surface area contributed by atoms with Gasteiger partial charge in [-0.3, -0.25) is 4.79 Å². The lowest BCUT2D eigenvalue weighted by Crippen LogP contribution is -2.54. The van der Waals surface area contributed by atoms with Gasteiger partial charge in [0, 0.05) is 28.6 Å². The van der Waals surface area contributed by atoms with Gasteiger partial charge in [0.25, 0.3) is 11.6 Å². The number of fused-ring (bicyclic) bond motifs is 1. The molecular weight excluding hydrogens is 667 g/mol. The Balaban J connectivity index is 1.63. The van der Waals surface area contributed by atoms with E-state index in [1.807, 2.05) is 0 Å². The number of hydrogen-bond donors (Lipinski definition) is 3. The number of anilines is 2. The number of nitrogens with one attached hydrogen (secondary N) is 2. The highest BCUT2D eigenvalue weighted by Crippen LogP contribution is 2.39. The van der Waals surface area contributed by atoms with Crippen molar-refractivity contribution >= 4 is 44.0 Å². The molecule has 1 unspecified atom stereocenters. The Morgan fingerprint density at radius 2 is 1.80 bits per heavy atom. The zero-order valence-corrected chi connectivity index (χ0v) is 27.5. The largest absolute Gasteiger partial charge is 0.491 e. The molecule has 1 fully saturated rings. The molecule has 1 aliphatic carbocycles. The average Bonchev–Trinajstić information content (AvgIpc) is 3.90. The van der Waals surface area contributed by atoms with E-state index in [4.69, 9.17) is 19.9 Å². The van der Waals surface area contributed by atoms with Crippen molar-refractivity contribution in [1.29, 1.82) is 0 Å². The molecule has 0 bridgehead atoms. The van der Waals surface area contributed by atoms with Crippen molar-refractivity contribution in [3.05, 3.63) is 78.0 Å². The highest BCUT2D eigenvalue weighted by Gasteiger charge is 2.52. The molecule has 5 rings (SSSR count). The summed E-state index contributed by atoms with van der Waals surface area (Å²) in [4.78, 5) is 27.0. The van der Waals surface area contributed by atoms with Gasteiger partial charge in [-0.2, -0.15) is 18.3 Å². The van der Waals surface area contributed by atoms with Crippen LogP contribution >= 0.6 is 0 Å². The minimum atomic E-state index is -5.50. The van der Waals surface area contributed by atoms with Crippen LogP contribution in [0, 0.1) is 0 Å². The van der Waals surface area contributed by atoms with Crippen LogP contribution in [0.1, 0.15) is 44.7 Å². The Kier molecular flexibility index (Phi) is 9.90. The van der Waals surface area contributed by atoms with Crippen LogP contribution in [-0.2, 0) is 36.4 Å². The fourth-order valence-electron chi connectivity index (χ4n) is 5.04. The number of nitrogens with two attached hydrogens (primary N) is 1. The number of rotatable bonds is 13.